The number of pyridine rings is 1. The molecule has 1 rings (SSSR count). The summed E-state index contributed by atoms with van der Waals surface area (Å²) in [6, 6.07) is 1.07. The number of hydrogen-bond donors (Lipinski definition) is 1. The molecular formula is C8H5BrClF2NO2. The molecule has 0 unspecified atom stereocenters. The average Bonchev–Trinajstić information content (AvgIpc) is 2.15. The van der Waals surface area contributed by atoms with Crippen LogP contribution in [0.4, 0.5) is 8.78 Å². The molecule has 7 heteroatoms. The highest BCUT2D eigenvalue weighted by atomic mass is 79.9. The molecule has 1 aromatic rings. The van der Waals surface area contributed by atoms with E-state index in [9.17, 15) is 13.6 Å². The van der Waals surface area contributed by atoms with Crippen LogP contribution in [0.3, 0.4) is 0 Å². The Morgan fingerprint density at radius 1 is 1.67 bits per heavy atom. The summed E-state index contributed by atoms with van der Waals surface area (Å²) >= 11 is 8.51. The Morgan fingerprint density at radius 2 is 2.27 bits per heavy atom. The fourth-order valence-electron chi connectivity index (χ4n) is 1.03. The largest absolute Gasteiger partial charge is 0.478 e. The highest BCUT2D eigenvalue weighted by Crippen LogP contribution is 2.30. The Morgan fingerprint density at radius 3 is 2.67 bits per heavy atom. The van der Waals surface area contributed by atoms with Crippen molar-refractivity contribution in [1.29, 1.82) is 0 Å². The predicted molar refractivity (Wildman–Crippen MR) is 53.8 cm³/mol. The maximum atomic E-state index is 12.5. The van der Waals surface area contributed by atoms with Crippen LogP contribution in [0.25, 0.3) is 0 Å². The Balaban J connectivity index is 3.42. The lowest BCUT2D eigenvalue weighted by Gasteiger charge is -2.08. The molecule has 82 valence electrons. The van der Waals surface area contributed by atoms with E-state index in [2.05, 4.69) is 20.9 Å². The minimum atomic E-state index is -2.96. The van der Waals surface area contributed by atoms with Crippen molar-refractivity contribution < 1.29 is 18.7 Å². The van der Waals surface area contributed by atoms with Crippen LogP contribution in [0.2, 0.25) is 5.15 Å². The third-order valence-electron chi connectivity index (χ3n) is 1.65. The number of aromatic carboxylic acids is 1. The lowest BCUT2D eigenvalue weighted by Crippen LogP contribution is -2.06. The van der Waals surface area contributed by atoms with E-state index in [0.29, 0.717) is 5.69 Å². The van der Waals surface area contributed by atoms with Gasteiger partial charge in [0.15, 0.2) is 0 Å². The first-order chi connectivity index (χ1) is 6.97. The molecule has 0 aliphatic rings. The summed E-state index contributed by atoms with van der Waals surface area (Å²) in [5, 5.41) is 8.50. The molecule has 0 aromatic carbocycles. The average molecular weight is 300 g/mol. The minimum Gasteiger partial charge on any atom is -0.478 e. The normalized spacial score (nSPS) is 10.7. The topological polar surface area (TPSA) is 50.2 Å². The zero-order valence-electron chi connectivity index (χ0n) is 7.18. The van der Waals surface area contributed by atoms with E-state index in [-0.39, 0.29) is 5.33 Å². The van der Waals surface area contributed by atoms with Gasteiger partial charge >= 0.3 is 5.97 Å². The van der Waals surface area contributed by atoms with Crippen LogP contribution in [0, 0.1) is 0 Å². The molecule has 0 saturated carbocycles. The van der Waals surface area contributed by atoms with Crippen LogP contribution in [-0.4, -0.2) is 16.1 Å². The minimum absolute atomic E-state index is 0.247. The second kappa shape index (κ2) is 4.85. The standard InChI is InChI=1S/C8H5BrClF2NO2/c9-2-3-1-4(8(14)15)5(7(11)12)6(10)13-3/h1,7H,2H2,(H,14,15). The predicted octanol–water partition coefficient (Wildman–Crippen LogP) is 3.27. The number of carboxylic acid groups (broad SMARTS) is 1. The summed E-state index contributed by atoms with van der Waals surface area (Å²) in [5.41, 5.74) is -0.963. The molecule has 15 heavy (non-hydrogen) atoms. The lowest BCUT2D eigenvalue weighted by molar-refractivity contribution is 0.0684. The van der Waals surface area contributed by atoms with Gasteiger partial charge in [-0.2, -0.15) is 0 Å². The molecule has 1 heterocycles. The molecule has 0 fully saturated rings. The Bertz CT molecular complexity index is 400. The van der Waals surface area contributed by atoms with E-state index in [4.69, 9.17) is 16.7 Å². The fourth-order valence-corrected chi connectivity index (χ4v) is 1.61. The number of hydrogen-bond acceptors (Lipinski definition) is 2. The van der Waals surface area contributed by atoms with E-state index in [0.717, 1.165) is 6.07 Å². The molecule has 0 spiro atoms. The summed E-state index contributed by atoms with van der Waals surface area (Å²) < 4.78 is 25.0. The molecule has 0 bridgehead atoms. The SMILES string of the molecule is O=C(O)c1cc(CBr)nc(Cl)c1C(F)F. The van der Waals surface area contributed by atoms with Crippen molar-refractivity contribution in [2.24, 2.45) is 0 Å². The van der Waals surface area contributed by atoms with Gasteiger partial charge < -0.3 is 5.11 Å². The number of rotatable bonds is 3. The van der Waals surface area contributed by atoms with Crippen molar-refractivity contribution >= 4 is 33.5 Å². The van der Waals surface area contributed by atoms with Gasteiger partial charge in [-0.15, -0.1) is 0 Å². The number of halogens is 4. The third kappa shape index (κ3) is 2.63. The monoisotopic (exact) mass is 299 g/mol. The molecule has 1 N–H and O–H groups in total. The number of alkyl halides is 3. The Labute approximate surface area is 97.2 Å². The summed E-state index contributed by atoms with van der Waals surface area (Å²) in [4.78, 5) is 14.3. The number of nitrogens with zero attached hydrogens (tertiary/aromatic N) is 1. The van der Waals surface area contributed by atoms with Gasteiger partial charge in [-0.1, -0.05) is 27.5 Å². The summed E-state index contributed by atoms with van der Waals surface area (Å²) in [7, 11) is 0. The molecule has 0 saturated heterocycles. The maximum Gasteiger partial charge on any atom is 0.336 e. The van der Waals surface area contributed by atoms with E-state index in [1.54, 1.807) is 0 Å². The molecule has 0 amide bonds. The smallest absolute Gasteiger partial charge is 0.336 e. The van der Waals surface area contributed by atoms with Crippen LogP contribution in [0.15, 0.2) is 6.07 Å². The van der Waals surface area contributed by atoms with Crippen molar-refractivity contribution in [2.45, 2.75) is 11.8 Å². The van der Waals surface area contributed by atoms with Crippen molar-refractivity contribution in [1.82, 2.24) is 4.98 Å². The van der Waals surface area contributed by atoms with Crippen molar-refractivity contribution in [3.63, 3.8) is 0 Å². The molecule has 0 atom stereocenters. The first-order valence-electron chi connectivity index (χ1n) is 3.74. The van der Waals surface area contributed by atoms with Gasteiger partial charge in [-0.05, 0) is 6.07 Å². The van der Waals surface area contributed by atoms with E-state index in [1.165, 1.54) is 0 Å². The van der Waals surface area contributed by atoms with Gasteiger partial charge in [0.25, 0.3) is 6.43 Å². The number of carboxylic acids is 1. The van der Waals surface area contributed by atoms with Crippen LogP contribution in [0.5, 0.6) is 0 Å². The second-order valence-electron chi connectivity index (χ2n) is 2.61. The second-order valence-corrected chi connectivity index (χ2v) is 3.52. The van der Waals surface area contributed by atoms with Crippen LogP contribution in [0.1, 0.15) is 28.0 Å². The Hall–Kier alpha value is -0.750. The molecule has 1 aromatic heterocycles. The van der Waals surface area contributed by atoms with Crippen molar-refractivity contribution in [2.75, 3.05) is 0 Å². The summed E-state index contributed by atoms with van der Waals surface area (Å²) in [6.07, 6.45) is -2.96. The number of carbonyl (C=O) groups is 1. The van der Waals surface area contributed by atoms with Crippen molar-refractivity contribution in [3.8, 4) is 0 Å². The van der Waals surface area contributed by atoms with E-state index >= 15 is 0 Å². The molecule has 0 aliphatic heterocycles. The van der Waals surface area contributed by atoms with Gasteiger partial charge in [0.2, 0.25) is 0 Å². The zero-order chi connectivity index (χ0) is 11.6. The maximum absolute atomic E-state index is 12.5. The quantitative estimate of drug-likeness (QED) is 0.688. The summed E-state index contributed by atoms with van der Waals surface area (Å²) in [5.74, 6) is -1.45. The van der Waals surface area contributed by atoms with Crippen LogP contribution >= 0.6 is 27.5 Å². The zero-order valence-corrected chi connectivity index (χ0v) is 9.52. The van der Waals surface area contributed by atoms with E-state index < -0.39 is 28.7 Å². The lowest BCUT2D eigenvalue weighted by atomic mass is 10.1. The van der Waals surface area contributed by atoms with Crippen LogP contribution in [-0.2, 0) is 5.33 Å². The van der Waals surface area contributed by atoms with Gasteiger partial charge in [-0.3, -0.25) is 0 Å². The van der Waals surface area contributed by atoms with Crippen molar-refractivity contribution in [3.05, 3.63) is 28.0 Å². The van der Waals surface area contributed by atoms with E-state index in [1.807, 2.05) is 0 Å². The van der Waals surface area contributed by atoms with Gasteiger partial charge in [0, 0.05) is 5.33 Å². The molecule has 0 radical (unpaired) electrons. The highest BCUT2D eigenvalue weighted by Gasteiger charge is 2.23. The fraction of sp³-hybridized carbons (Fsp3) is 0.250. The first kappa shape index (κ1) is 12.3. The molecular weight excluding hydrogens is 295 g/mol. The highest BCUT2D eigenvalue weighted by molar-refractivity contribution is 9.08. The number of aromatic nitrogens is 1. The molecule has 0 aliphatic carbocycles. The van der Waals surface area contributed by atoms with Gasteiger partial charge in [0.05, 0.1) is 16.8 Å². The van der Waals surface area contributed by atoms with Gasteiger partial charge in [-0.25, -0.2) is 18.6 Å². The summed E-state index contributed by atoms with van der Waals surface area (Å²) in [6.45, 7) is 0. The first-order valence-corrected chi connectivity index (χ1v) is 5.24. The van der Waals surface area contributed by atoms with Crippen LogP contribution < -0.4 is 0 Å². The third-order valence-corrected chi connectivity index (χ3v) is 2.51. The molecule has 3 nitrogen and oxygen atoms in total. The van der Waals surface area contributed by atoms with Gasteiger partial charge in [0.1, 0.15) is 5.15 Å². The Kier molecular flexibility index (Phi) is 3.98.